The van der Waals surface area contributed by atoms with E-state index in [1.807, 2.05) is 0 Å². The Morgan fingerprint density at radius 3 is 1.91 bits per heavy atom. The van der Waals surface area contributed by atoms with E-state index < -0.39 is 0 Å². The van der Waals surface area contributed by atoms with Gasteiger partial charge in [0.2, 0.25) is 0 Å². The molecule has 1 aliphatic carbocycles. The molecule has 0 radical (unpaired) electrons. The fourth-order valence-corrected chi connectivity index (χ4v) is 7.04. The van der Waals surface area contributed by atoms with Gasteiger partial charge in [0.05, 0.1) is 0 Å². The van der Waals surface area contributed by atoms with Gasteiger partial charge in [0.1, 0.15) is 0 Å². The van der Waals surface area contributed by atoms with Crippen LogP contribution in [0.2, 0.25) is 0 Å². The molecule has 3 aromatic rings. The number of hydrogen-bond donors (Lipinski definition) is 0. The summed E-state index contributed by atoms with van der Waals surface area (Å²) in [7, 11) is 0. The Bertz CT molecular complexity index is 1440. The molecule has 1 unspecified atom stereocenters. The van der Waals surface area contributed by atoms with Crippen LogP contribution in [0.4, 0.5) is 5.69 Å². The second-order valence-corrected chi connectivity index (χ2v) is 10.8. The molecule has 34 heavy (non-hydrogen) atoms. The maximum absolute atomic E-state index is 9.22. The number of hydrogen-bond acceptors (Lipinski definition) is 1. The molecule has 3 aromatic carbocycles. The van der Waals surface area contributed by atoms with Crippen LogP contribution in [-0.4, -0.2) is 4.40 Å². The van der Waals surface area contributed by atoms with Crippen molar-refractivity contribution in [3.8, 4) is 0 Å². The summed E-state index contributed by atoms with van der Waals surface area (Å²) in [6.45, 7) is 20.1. The van der Waals surface area contributed by atoms with Crippen LogP contribution in [0, 0.1) is 62.3 Å². The molecule has 1 aliphatic rings. The van der Waals surface area contributed by atoms with Crippen LogP contribution >= 0.6 is 0 Å². The van der Waals surface area contributed by atoms with Gasteiger partial charge in [-0.25, -0.2) is 0 Å². The fraction of sp³-hybridized carbons (Fsp3) is 0.367. The number of aryl methyl sites for hydroxylation is 2. The zero-order valence-electron chi connectivity index (χ0n) is 21.8. The Morgan fingerprint density at radius 1 is 0.765 bits per heavy atom. The molecule has 174 valence electrons. The van der Waals surface area contributed by atoms with Gasteiger partial charge in [-0.3, -0.25) is 0 Å². The fourth-order valence-electron chi connectivity index (χ4n) is 5.94. The third-order valence-electron chi connectivity index (χ3n) is 8.54. The van der Waals surface area contributed by atoms with Crippen LogP contribution in [-0.2, 0) is 25.8 Å². The van der Waals surface area contributed by atoms with Crippen molar-refractivity contribution in [3.05, 3.63) is 106 Å². The zero-order valence-corrected chi connectivity index (χ0v) is 24.7. The van der Waals surface area contributed by atoms with Crippen LogP contribution in [0.5, 0.6) is 0 Å². The maximum atomic E-state index is 9.22. The van der Waals surface area contributed by atoms with E-state index in [9.17, 15) is 5.53 Å². The first-order chi connectivity index (χ1) is 16.0. The average Bonchev–Trinajstić information content (AvgIpc) is 2.81. The van der Waals surface area contributed by atoms with Crippen molar-refractivity contribution in [2.45, 2.75) is 74.7 Å². The van der Waals surface area contributed by atoms with E-state index in [1.165, 1.54) is 91.7 Å². The van der Waals surface area contributed by atoms with E-state index in [0.717, 1.165) is 23.2 Å². The average molecular weight is 619 g/mol. The molecule has 4 heteroatoms. The van der Waals surface area contributed by atoms with Gasteiger partial charge in [-0.15, -0.1) is 0 Å². The van der Waals surface area contributed by atoms with Gasteiger partial charge in [-0.05, 0) is 0 Å². The first kappa shape index (κ1) is 24.6. The minimum absolute atomic E-state index is 0.165. The molecule has 3 nitrogen and oxygen atoms in total. The molecule has 1 atom stereocenters. The van der Waals surface area contributed by atoms with Crippen molar-refractivity contribution in [1.82, 2.24) is 0 Å². The quantitative estimate of drug-likeness (QED) is 0.126. The summed E-state index contributed by atoms with van der Waals surface area (Å²) in [4.78, 5) is 3.14. The Morgan fingerprint density at radius 2 is 1.32 bits per heavy atom. The van der Waals surface area contributed by atoms with Crippen LogP contribution in [0.3, 0.4) is 0 Å². The molecular formula is C30H33N3W. The molecule has 0 saturated carbocycles. The molecular weight excluding hydrogens is 586 g/mol. The van der Waals surface area contributed by atoms with E-state index in [2.05, 4.69) is 88.9 Å². The van der Waals surface area contributed by atoms with E-state index in [-0.39, 0.29) is 5.92 Å². The minimum atomic E-state index is 0.165. The monoisotopic (exact) mass is 619 g/mol. The summed E-state index contributed by atoms with van der Waals surface area (Å²) in [6.07, 6.45) is 0.882. The second kappa shape index (κ2) is 8.95. The SMILES string of the molecule is Cc1cc2c(c(C)c1C)Cc1c(cc(C)c(N=[N+]=[N-])c1C)C2c1c(C)c(C)c(C)c(C)c1[CH]=[W]. The van der Waals surface area contributed by atoms with Crippen molar-refractivity contribution in [3.63, 3.8) is 0 Å². The van der Waals surface area contributed by atoms with Crippen molar-refractivity contribution in [2.75, 3.05) is 0 Å². The normalized spacial score (nSPS) is 14.3. The van der Waals surface area contributed by atoms with E-state index in [1.54, 1.807) is 0 Å². The van der Waals surface area contributed by atoms with E-state index >= 15 is 0 Å². The third kappa shape index (κ3) is 3.53. The van der Waals surface area contributed by atoms with E-state index in [4.69, 9.17) is 0 Å². The van der Waals surface area contributed by atoms with Gasteiger partial charge < -0.3 is 0 Å². The van der Waals surface area contributed by atoms with Gasteiger partial charge in [0, 0.05) is 0 Å². The summed E-state index contributed by atoms with van der Waals surface area (Å²) in [6, 6.07) is 4.73. The van der Waals surface area contributed by atoms with Crippen LogP contribution in [0.15, 0.2) is 17.2 Å². The summed E-state index contributed by atoms with van der Waals surface area (Å²) < 4.78 is 2.38. The van der Waals surface area contributed by atoms with Gasteiger partial charge >= 0.3 is 215 Å². The first-order valence-electron chi connectivity index (χ1n) is 11.9. The Kier molecular flexibility index (Phi) is 6.49. The number of rotatable bonds is 3. The number of fused-ring (bicyclic) bond motifs is 2. The summed E-state index contributed by atoms with van der Waals surface area (Å²) in [5, 5.41) is 4.09. The molecule has 0 aliphatic heterocycles. The summed E-state index contributed by atoms with van der Waals surface area (Å²) in [5.74, 6) is 0.165. The molecule has 0 heterocycles. The molecule has 0 saturated heterocycles. The number of azide groups is 1. The van der Waals surface area contributed by atoms with Crippen LogP contribution in [0.25, 0.3) is 10.4 Å². The van der Waals surface area contributed by atoms with Gasteiger partial charge in [0.15, 0.2) is 0 Å². The second-order valence-electron chi connectivity index (χ2n) is 9.99. The van der Waals surface area contributed by atoms with Gasteiger partial charge in [0.25, 0.3) is 0 Å². The molecule has 0 N–H and O–H groups in total. The van der Waals surface area contributed by atoms with Gasteiger partial charge in [-0.1, -0.05) is 0 Å². The Hall–Kier alpha value is -2.47. The molecule has 0 spiro atoms. The van der Waals surface area contributed by atoms with Gasteiger partial charge in [-0.2, -0.15) is 0 Å². The molecule has 0 bridgehead atoms. The Balaban J connectivity index is 2.22. The topological polar surface area (TPSA) is 48.8 Å². The molecule has 0 fully saturated rings. The standard InChI is InChI=1S/C30H33N3.W/c1-14-11-26-24(20(7)16(14)3)13-25-23(10)30(32-33-31)15(2)12-27(25)29(26)28-21(8)18(5)17(4)19(6)22(28)9;/h8,11-12,29H,13H2,1-7,9-10H3;. The predicted octanol–water partition coefficient (Wildman–Crippen LogP) is 8.19. The van der Waals surface area contributed by atoms with Crippen molar-refractivity contribution in [1.29, 1.82) is 0 Å². The number of nitrogens with zero attached hydrogens (tertiary/aromatic N) is 3. The predicted molar refractivity (Wildman–Crippen MR) is 140 cm³/mol. The number of benzene rings is 3. The van der Waals surface area contributed by atoms with Crippen molar-refractivity contribution < 1.29 is 19.4 Å². The molecule has 0 amide bonds. The first-order valence-corrected chi connectivity index (χ1v) is 13.6. The van der Waals surface area contributed by atoms with Crippen LogP contribution in [0.1, 0.15) is 89.4 Å². The molecule has 4 rings (SSSR count). The van der Waals surface area contributed by atoms with Crippen molar-refractivity contribution >= 4 is 10.1 Å². The Labute approximate surface area is 214 Å². The zero-order chi connectivity index (χ0) is 25.1. The molecule has 0 aromatic heterocycles. The van der Waals surface area contributed by atoms with Crippen molar-refractivity contribution in [2.24, 2.45) is 5.11 Å². The third-order valence-corrected chi connectivity index (χ3v) is 9.39. The summed E-state index contributed by atoms with van der Waals surface area (Å²) in [5.41, 5.74) is 30.3. The summed E-state index contributed by atoms with van der Waals surface area (Å²) >= 11 is 1.47. The van der Waals surface area contributed by atoms with Crippen LogP contribution < -0.4 is 0 Å². The van der Waals surface area contributed by atoms with E-state index in [0.29, 0.717) is 0 Å².